The summed E-state index contributed by atoms with van der Waals surface area (Å²) in [5.74, 6) is 0.443. The number of benzene rings is 3. The van der Waals surface area contributed by atoms with Gasteiger partial charge < -0.3 is 4.98 Å². The Hall–Kier alpha value is -4.17. The van der Waals surface area contributed by atoms with Crippen molar-refractivity contribution in [3.63, 3.8) is 0 Å². The van der Waals surface area contributed by atoms with Crippen LogP contribution in [0.25, 0.3) is 10.9 Å². The average Bonchev–Trinajstić information content (AvgIpc) is 3.40. The Bertz CT molecular complexity index is 1610. The minimum atomic E-state index is -0.278. The highest BCUT2D eigenvalue weighted by molar-refractivity contribution is 5.83. The number of nitrogens with one attached hydrogen (secondary N) is 1. The van der Waals surface area contributed by atoms with Crippen molar-refractivity contribution in [3.05, 3.63) is 123 Å². The molecule has 39 heavy (non-hydrogen) atoms. The zero-order valence-electron chi connectivity index (χ0n) is 22.6. The number of hydrogen-bond donors (Lipinski definition) is 1. The lowest BCUT2D eigenvalue weighted by atomic mass is 10.0. The van der Waals surface area contributed by atoms with Crippen LogP contribution in [0.1, 0.15) is 53.0 Å². The molecular formula is C31H33FN6O. The second-order valence-corrected chi connectivity index (χ2v) is 10.0. The minimum absolute atomic E-state index is 0.0818. The van der Waals surface area contributed by atoms with Crippen LogP contribution in [0.3, 0.4) is 0 Å². The molecule has 0 amide bonds. The molecule has 7 nitrogen and oxygen atoms in total. The highest BCUT2D eigenvalue weighted by Gasteiger charge is 2.26. The highest BCUT2D eigenvalue weighted by Crippen LogP contribution is 2.26. The molecule has 5 rings (SSSR count). The number of nitrogens with zero attached hydrogens (tertiary/aromatic N) is 5. The summed E-state index contributed by atoms with van der Waals surface area (Å²) in [5, 5.41) is 13.7. The Labute approximate surface area is 227 Å². The summed E-state index contributed by atoms with van der Waals surface area (Å²) >= 11 is 0. The number of rotatable bonds is 10. The lowest BCUT2D eigenvalue weighted by molar-refractivity contribution is 0.172. The summed E-state index contributed by atoms with van der Waals surface area (Å²) in [6, 6.07) is 22.7. The molecule has 0 aliphatic rings. The predicted molar refractivity (Wildman–Crippen MR) is 151 cm³/mol. The van der Waals surface area contributed by atoms with Gasteiger partial charge in [0, 0.05) is 18.7 Å². The summed E-state index contributed by atoms with van der Waals surface area (Å²) in [7, 11) is 0. The summed E-state index contributed by atoms with van der Waals surface area (Å²) in [6.45, 7) is 7.79. The molecule has 0 radical (unpaired) electrons. The van der Waals surface area contributed by atoms with Gasteiger partial charge in [-0.15, -0.1) is 5.10 Å². The van der Waals surface area contributed by atoms with E-state index in [1.807, 2.05) is 38.1 Å². The van der Waals surface area contributed by atoms with E-state index in [2.05, 4.69) is 56.6 Å². The molecule has 0 aliphatic heterocycles. The van der Waals surface area contributed by atoms with Gasteiger partial charge in [0.25, 0.3) is 5.56 Å². The molecule has 5 aromatic rings. The number of halogens is 1. The normalized spacial score (nSPS) is 12.3. The van der Waals surface area contributed by atoms with Crippen LogP contribution in [-0.2, 0) is 19.5 Å². The first-order valence-corrected chi connectivity index (χ1v) is 13.3. The van der Waals surface area contributed by atoms with Crippen LogP contribution in [0.2, 0.25) is 0 Å². The third kappa shape index (κ3) is 5.96. The van der Waals surface area contributed by atoms with Crippen molar-refractivity contribution in [3.8, 4) is 0 Å². The van der Waals surface area contributed by atoms with Gasteiger partial charge in [0.05, 0.1) is 18.1 Å². The van der Waals surface area contributed by atoms with Gasteiger partial charge in [-0.25, -0.2) is 9.07 Å². The second kappa shape index (κ2) is 11.7. The van der Waals surface area contributed by atoms with E-state index in [4.69, 9.17) is 0 Å². The molecule has 200 valence electrons. The molecule has 2 heterocycles. The molecule has 0 saturated carbocycles. The first kappa shape index (κ1) is 26.4. The van der Waals surface area contributed by atoms with Crippen LogP contribution in [0.4, 0.5) is 4.39 Å². The largest absolute Gasteiger partial charge is 0.321 e. The fourth-order valence-corrected chi connectivity index (χ4v) is 5.10. The Morgan fingerprint density at radius 1 is 1.00 bits per heavy atom. The molecule has 0 unspecified atom stereocenters. The van der Waals surface area contributed by atoms with Crippen molar-refractivity contribution in [1.29, 1.82) is 0 Å². The number of aromatic nitrogens is 5. The van der Waals surface area contributed by atoms with Crippen LogP contribution in [-0.4, -0.2) is 36.6 Å². The van der Waals surface area contributed by atoms with Crippen molar-refractivity contribution < 1.29 is 4.39 Å². The molecule has 2 aromatic heterocycles. The number of aryl methyl sites for hydroxylation is 2. The monoisotopic (exact) mass is 524 g/mol. The third-order valence-corrected chi connectivity index (χ3v) is 7.46. The van der Waals surface area contributed by atoms with E-state index in [0.717, 1.165) is 52.8 Å². The van der Waals surface area contributed by atoms with Gasteiger partial charge in [0.15, 0.2) is 5.82 Å². The number of hydrogen-bond acceptors (Lipinski definition) is 5. The lowest BCUT2D eigenvalue weighted by Crippen LogP contribution is -2.34. The Morgan fingerprint density at radius 3 is 2.51 bits per heavy atom. The lowest BCUT2D eigenvalue weighted by Gasteiger charge is -2.30. The van der Waals surface area contributed by atoms with Crippen LogP contribution in [0, 0.1) is 19.7 Å². The van der Waals surface area contributed by atoms with E-state index < -0.39 is 0 Å². The van der Waals surface area contributed by atoms with Gasteiger partial charge in [0.2, 0.25) is 0 Å². The van der Waals surface area contributed by atoms with E-state index >= 15 is 0 Å². The Morgan fingerprint density at radius 2 is 1.77 bits per heavy atom. The molecule has 0 spiro atoms. The maximum absolute atomic E-state index is 13.5. The van der Waals surface area contributed by atoms with Crippen molar-refractivity contribution >= 4 is 10.9 Å². The van der Waals surface area contributed by atoms with Crippen LogP contribution in [0.5, 0.6) is 0 Å². The number of H-pyrrole nitrogens is 1. The van der Waals surface area contributed by atoms with Crippen molar-refractivity contribution in [1.82, 2.24) is 30.1 Å². The summed E-state index contributed by atoms with van der Waals surface area (Å²) < 4.78 is 15.2. The molecule has 0 fully saturated rings. The van der Waals surface area contributed by atoms with Crippen LogP contribution >= 0.6 is 0 Å². The third-order valence-electron chi connectivity index (χ3n) is 7.46. The quantitative estimate of drug-likeness (QED) is 0.260. The number of aromatic amines is 1. The molecular weight excluding hydrogens is 491 g/mol. The summed E-state index contributed by atoms with van der Waals surface area (Å²) in [5.41, 5.74) is 5.87. The number of tetrazole rings is 1. The molecule has 1 atom stereocenters. The second-order valence-electron chi connectivity index (χ2n) is 10.0. The molecule has 3 aromatic carbocycles. The van der Waals surface area contributed by atoms with Crippen molar-refractivity contribution in [2.45, 2.75) is 52.7 Å². The SMILES string of the molecule is CC[C@@H](c1nnnn1Cc1ccc(F)cc1)N(CCc1ccccc1)Cc1cc2ccc(C)c(C)c2[nH]c1=O. The first-order valence-electron chi connectivity index (χ1n) is 13.3. The first-order chi connectivity index (χ1) is 18.9. The molecule has 0 aliphatic carbocycles. The van der Waals surface area contributed by atoms with Crippen molar-refractivity contribution in [2.24, 2.45) is 0 Å². The van der Waals surface area contributed by atoms with E-state index in [0.29, 0.717) is 18.7 Å². The Kier molecular flexibility index (Phi) is 7.93. The highest BCUT2D eigenvalue weighted by atomic mass is 19.1. The van der Waals surface area contributed by atoms with Gasteiger partial charge in [-0.05, 0) is 83.0 Å². The standard InChI is InChI=1S/C31H33FN6O/c1-4-28(30-34-35-36-38(30)19-24-11-14-27(32)15-12-24)37(17-16-23-8-6-5-7-9-23)20-26-18-25-13-10-21(2)22(3)29(25)33-31(26)39/h5-15,18,28H,4,16-17,19-20H2,1-3H3,(H,33,39)/t28-/m0/s1. The summed E-state index contributed by atoms with van der Waals surface area (Å²) in [4.78, 5) is 18.7. The molecule has 1 N–H and O–H groups in total. The van der Waals surface area contributed by atoms with Crippen LogP contribution < -0.4 is 5.56 Å². The molecule has 8 heteroatoms. The number of pyridine rings is 1. The zero-order valence-corrected chi connectivity index (χ0v) is 22.6. The molecule has 0 bridgehead atoms. The molecule has 0 saturated heterocycles. The number of fused-ring (bicyclic) bond motifs is 1. The van der Waals surface area contributed by atoms with E-state index in [9.17, 15) is 9.18 Å². The fourth-order valence-electron chi connectivity index (χ4n) is 5.10. The van der Waals surface area contributed by atoms with Gasteiger partial charge in [-0.3, -0.25) is 9.69 Å². The van der Waals surface area contributed by atoms with Gasteiger partial charge in [0.1, 0.15) is 5.82 Å². The summed E-state index contributed by atoms with van der Waals surface area (Å²) in [6.07, 6.45) is 1.57. The van der Waals surface area contributed by atoms with E-state index in [1.165, 1.54) is 17.7 Å². The minimum Gasteiger partial charge on any atom is -0.321 e. The maximum atomic E-state index is 13.5. The zero-order chi connectivity index (χ0) is 27.4. The smallest absolute Gasteiger partial charge is 0.252 e. The maximum Gasteiger partial charge on any atom is 0.252 e. The Balaban J connectivity index is 1.49. The van der Waals surface area contributed by atoms with E-state index in [-0.39, 0.29) is 17.4 Å². The fraction of sp³-hybridized carbons (Fsp3) is 0.290. The van der Waals surface area contributed by atoms with Gasteiger partial charge >= 0.3 is 0 Å². The topological polar surface area (TPSA) is 79.7 Å². The van der Waals surface area contributed by atoms with Gasteiger partial charge in [-0.2, -0.15) is 0 Å². The predicted octanol–water partition coefficient (Wildman–Crippen LogP) is 5.51. The average molecular weight is 525 g/mol. The van der Waals surface area contributed by atoms with Crippen molar-refractivity contribution in [2.75, 3.05) is 6.54 Å². The van der Waals surface area contributed by atoms with E-state index in [1.54, 1.807) is 16.8 Å². The van der Waals surface area contributed by atoms with Gasteiger partial charge in [-0.1, -0.05) is 61.5 Å². The van der Waals surface area contributed by atoms with Crippen LogP contribution in [0.15, 0.2) is 77.6 Å².